The van der Waals surface area contributed by atoms with Crippen LogP contribution in [-0.2, 0) is 0 Å². The minimum atomic E-state index is -0.260. The monoisotopic (exact) mass is 441 g/mol. The molecule has 1 fully saturated rings. The zero-order chi connectivity index (χ0) is 19.7. The molecule has 4 nitrogen and oxygen atoms in total. The van der Waals surface area contributed by atoms with Crippen LogP contribution in [0, 0.1) is 6.92 Å². The third kappa shape index (κ3) is 4.02. The lowest BCUT2D eigenvalue weighted by atomic mass is 9.87. The smallest absolute Gasteiger partial charge is 0.120 e. The molecule has 1 atom stereocenters. The maximum atomic E-state index is 10.5. The largest absolute Gasteiger partial charge is 0.508 e. The van der Waals surface area contributed by atoms with E-state index in [0.717, 1.165) is 54.6 Å². The number of piperidine rings is 1. The van der Waals surface area contributed by atoms with Crippen molar-refractivity contribution < 1.29 is 5.11 Å². The predicted molar refractivity (Wildman–Crippen MR) is 118 cm³/mol. The Hall–Kier alpha value is -1.69. The van der Waals surface area contributed by atoms with Gasteiger partial charge >= 0.3 is 0 Å². The highest BCUT2D eigenvalue weighted by atomic mass is 79.9. The molecule has 2 aliphatic heterocycles. The SMILES string of the molecule is CCN1CCC2(CC1)N=C(c1ccc(C)cc1)CC(c1cc(Br)ccc1O)N2. The first-order valence-corrected chi connectivity index (χ1v) is 10.9. The van der Waals surface area contributed by atoms with E-state index in [4.69, 9.17) is 4.99 Å². The Bertz CT molecular complexity index is 870. The summed E-state index contributed by atoms with van der Waals surface area (Å²) in [7, 11) is 0. The summed E-state index contributed by atoms with van der Waals surface area (Å²) in [5.41, 5.74) is 4.25. The molecule has 0 aliphatic carbocycles. The topological polar surface area (TPSA) is 47.9 Å². The minimum absolute atomic E-state index is 0.0412. The van der Waals surface area contributed by atoms with Crippen LogP contribution in [0.3, 0.4) is 0 Å². The van der Waals surface area contributed by atoms with Gasteiger partial charge in [-0.25, -0.2) is 0 Å². The van der Waals surface area contributed by atoms with Gasteiger partial charge in [-0.3, -0.25) is 10.3 Å². The van der Waals surface area contributed by atoms with Crippen molar-refractivity contribution in [3.63, 3.8) is 0 Å². The third-order valence-corrected chi connectivity index (χ3v) is 6.56. The molecule has 1 spiro atoms. The molecule has 0 radical (unpaired) electrons. The van der Waals surface area contributed by atoms with Gasteiger partial charge in [0.2, 0.25) is 0 Å². The molecule has 1 saturated heterocycles. The predicted octanol–water partition coefficient (Wildman–Crippen LogP) is 4.80. The van der Waals surface area contributed by atoms with Crippen molar-refractivity contribution in [1.29, 1.82) is 0 Å². The van der Waals surface area contributed by atoms with E-state index in [2.05, 4.69) is 64.3 Å². The first-order valence-electron chi connectivity index (χ1n) is 10.1. The van der Waals surface area contributed by atoms with Crippen LogP contribution < -0.4 is 5.32 Å². The fourth-order valence-corrected chi connectivity index (χ4v) is 4.70. The normalized spacial score (nSPS) is 22.2. The second-order valence-electron chi connectivity index (χ2n) is 7.99. The average molecular weight is 442 g/mol. The number of likely N-dealkylation sites (tertiary alicyclic amines) is 1. The molecule has 2 heterocycles. The molecule has 2 aromatic rings. The minimum Gasteiger partial charge on any atom is -0.508 e. The van der Waals surface area contributed by atoms with E-state index in [0.29, 0.717) is 5.75 Å². The Labute approximate surface area is 175 Å². The van der Waals surface area contributed by atoms with E-state index in [-0.39, 0.29) is 11.7 Å². The Morgan fingerprint density at radius 1 is 1.18 bits per heavy atom. The lowest BCUT2D eigenvalue weighted by molar-refractivity contribution is 0.129. The van der Waals surface area contributed by atoms with Crippen molar-refractivity contribution in [1.82, 2.24) is 10.2 Å². The number of rotatable bonds is 3. The van der Waals surface area contributed by atoms with Crippen LogP contribution in [0.15, 0.2) is 51.9 Å². The van der Waals surface area contributed by atoms with Crippen LogP contribution in [0.2, 0.25) is 0 Å². The molecule has 0 bridgehead atoms. The van der Waals surface area contributed by atoms with Crippen LogP contribution in [0.1, 0.15) is 48.9 Å². The summed E-state index contributed by atoms with van der Waals surface area (Å²) < 4.78 is 0.983. The van der Waals surface area contributed by atoms with E-state index >= 15 is 0 Å². The van der Waals surface area contributed by atoms with Gasteiger partial charge < -0.3 is 10.0 Å². The zero-order valence-corrected chi connectivity index (χ0v) is 18.2. The molecule has 5 heteroatoms. The highest BCUT2D eigenvalue weighted by Gasteiger charge is 2.40. The highest BCUT2D eigenvalue weighted by Crippen LogP contribution is 2.38. The zero-order valence-electron chi connectivity index (χ0n) is 16.6. The fourth-order valence-electron chi connectivity index (χ4n) is 4.32. The van der Waals surface area contributed by atoms with Gasteiger partial charge in [0, 0.05) is 41.3 Å². The maximum absolute atomic E-state index is 10.5. The average Bonchev–Trinajstić information content (AvgIpc) is 2.70. The fraction of sp³-hybridized carbons (Fsp3) is 0.435. The second kappa shape index (κ2) is 7.97. The second-order valence-corrected chi connectivity index (χ2v) is 8.91. The van der Waals surface area contributed by atoms with Crippen LogP contribution >= 0.6 is 15.9 Å². The summed E-state index contributed by atoms with van der Waals surface area (Å²) in [5, 5.41) is 14.4. The van der Waals surface area contributed by atoms with Crippen molar-refractivity contribution in [3.05, 3.63) is 63.6 Å². The van der Waals surface area contributed by atoms with Crippen molar-refractivity contribution >= 4 is 21.6 Å². The number of aliphatic imine (C=N–C) groups is 1. The molecular weight excluding hydrogens is 414 g/mol. The van der Waals surface area contributed by atoms with E-state index in [9.17, 15) is 5.11 Å². The lowest BCUT2D eigenvalue weighted by Crippen LogP contribution is -2.56. The Kier molecular flexibility index (Phi) is 5.59. The van der Waals surface area contributed by atoms with E-state index < -0.39 is 0 Å². The summed E-state index contributed by atoms with van der Waals surface area (Å²) in [6, 6.07) is 14.4. The summed E-state index contributed by atoms with van der Waals surface area (Å²) in [5.74, 6) is 0.340. The Balaban J connectivity index is 1.72. The van der Waals surface area contributed by atoms with Crippen molar-refractivity contribution in [2.75, 3.05) is 19.6 Å². The molecule has 2 aromatic carbocycles. The highest BCUT2D eigenvalue weighted by molar-refractivity contribution is 9.10. The maximum Gasteiger partial charge on any atom is 0.120 e. The standard InChI is InChI=1S/C23H28BrN3O/c1-3-27-12-10-23(11-13-27)25-20(17-6-4-16(2)5-7-17)15-21(26-23)19-14-18(24)8-9-22(19)28/h4-9,14,21,26,28H,3,10-13,15H2,1-2H3. The summed E-state index contributed by atoms with van der Waals surface area (Å²) in [4.78, 5) is 7.74. The van der Waals surface area contributed by atoms with Gasteiger partial charge in [0.25, 0.3) is 0 Å². The molecule has 2 aliphatic rings. The Morgan fingerprint density at radius 2 is 1.89 bits per heavy atom. The van der Waals surface area contributed by atoms with Gasteiger partial charge in [0.15, 0.2) is 0 Å². The molecule has 1 unspecified atom stereocenters. The molecule has 0 aromatic heterocycles. The number of halogens is 1. The summed E-state index contributed by atoms with van der Waals surface area (Å²) in [6.45, 7) is 7.51. The van der Waals surface area contributed by atoms with Crippen LogP contribution in [0.5, 0.6) is 5.75 Å². The van der Waals surface area contributed by atoms with Gasteiger partial charge in [0.1, 0.15) is 11.4 Å². The third-order valence-electron chi connectivity index (χ3n) is 6.07. The van der Waals surface area contributed by atoms with Crippen molar-refractivity contribution in [2.45, 2.75) is 44.8 Å². The molecule has 4 rings (SSSR count). The van der Waals surface area contributed by atoms with Gasteiger partial charge in [-0.15, -0.1) is 0 Å². The number of hydrogen-bond donors (Lipinski definition) is 2. The lowest BCUT2D eigenvalue weighted by Gasteiger charge is -2.45. The van der Waals surface area contributed by atoms with Crippen molar-refractivity contribution in [3.8, 4) is 5.75 Å². The number of nitrogens with one attached hydrogen (secondary N) is 1. The number of nitrogens with zero attached hydrogens (tertiary/aromatic N) is 2. The van der Waals surface area contributed by atoms with Gasteiger partial charge in [-0.2, -0.15) is 0 Å². The number of hydrogen-bond acceptors (Lipinski definition) is 4. The molecule has 148 valence electrons. The number of aryl methyl sites for hydroxylation is 1. The molecule has 2 N–H and O–H groups in total. The van der Waals surface area contributed by atoms with E-state index in [1.165, 1.54) is 11.1 Å². The number of benzene rings is 2. The molecule has 28 heavy (non-hydrogen) atoms. The van der Waals surface area contributed by atoms with Gasteiger partial charge in [-0.1, -0.05) is 52.7 Å². The quantitative estimate of drug-likeness (QED) is 0.718. The van der Waals surface area contributed by atoms with Gasteiger partial charge in [0.05, 0.1) is 0 Å². The Morgan fingerprint density at radius 3 is 2.57 bits per heavy atom. The number of aromatic hydroxyl groups is 1. The van der Waals surface area contributed by atoms with E-state index in [1.807, 2.05) is 12.1 Å². The summed E-state index contributed by atoms with van der Waals surface area (Å²) in [6.07, 6.45) is 2.75. The summed E-state index contributed by atoms with van der Waals surface area (Å²) >= 11 is 3.56. The van der Waals surface area contributed by atoms with E-state index in [1.54, 1.807) is 6.07 Å². The van der Waals surface area contributed by atoms with Gasteiger partial charge in [-0.05, 0) is 50.1 Å². The van der Waals surface area contributed by atoms with Crippen LogP contribution in [0.25, 0.3) is 0 Å². The van der Waals surface area contributed by atoms with Crippen LogP contribution in [0.4, 0.5) is 0 Å². The number of phenolic OH excluding ortho intramolecular Hbond substituents is 1. The molecule has 0 saturated carbocycles. The van der Waals surface area contributed by atoms with Crippen LogP contribution in [-0.4, -0.2) is 41.0 Å². The number of phenols is 1. The molecule has 0 amide bonds. The first-order chi connectivity index (χ1) is 13.5. The van der Waals surface area contributed by atoms with Crippen molar-refractivity contribution in [2.24, 2.45) is 4.99 Å². The molecular formula is C23H28BrN3O. The first kappa shape index (κ1) is 19.6.